The molecule has 2 aromatic heterocycles. The van der Waals surface area contributed by atoms with Crippen molar-refractivity contribution in [2.45, 2.75) is 12.7 Å². The van der Waals surface area contributed by atoms with Crippen molar-refractivity contribution in [3.63, 3.8) is 0 Å². The number of amides is 1. The summed E-state index contributed by atoms with van der Waals surface area (Å²) in [6, 6.07) is 22.9. The molecule has 36 heavy (non-hydrogen) atoms. The van der Waals surface area contributed by atoms with E-state index in [1.807, 2.05) is 59.6 Å². The third-order valence-corrected chi connectivity index (χ3v) is 5.59. The number of halogens is 3. The maximum absolute atomic E-state index is 12.4. The molecule has 5 aromatic rings. The number of alkyl halides is 3. The minimum Gasteiger partial charge on any atom is -0.361 e. The lowest BCUT2D eigenvalue weighted by Gasteiger charge is -2.25. The molecule has 0 spiro atoms. The Morgan fingerprint density at radius 3 is 2.64 bits per heavy atom. The molecule has 6 nitrogen and oxygen atoms in total. The predicted molar refractivity (Wildman–Crippen MR) is 134 cm³/mol. The van der Waals surface area contributed by atoms with Crippen LogP contribution in [-0.2, 0) is 11.3 Å². The molecule has 0 fully saturated rings. The number of nitrogens with one attached hydrogen (secondary N) is 2. The first-order valence-corrected chi connectivity index (χ1v) is 11.1. The summed E-state index contributed by atoms with van der Waals surface area (Å²) in [5.74, 6) is -0.287. The second-order valence-electron chi connectivity index (χ2n) is 8.11. The van der Waals surface area contributed by atoms with E-state index in [0.717, 1.165) is 22.2 Å². The van der Waals surface area contributed by atoms with Gasteiger partial charge in [-0.3, -0.25) is 4.79 Å². The molecular formula is C27H20F3N5O. The van der Waals surface area contributed by atoms with Gasteiger partial charge < -0.3 is 15.2 Å². The Morgan fingerprint density at radius 2 is 1.83 bits per heavy atom. The van der Waals surface area contributed by atoms with Crippen LogP contribution in [0.2, 0.25) is 0 Å². The first kappa shape index (κ1) is 23.1. The van der Waals surface area contributed by atoms with Gasteiger partial charge in [0.25, 0.3) is 0 Å². The van der Waals surface area contributed by atoms with Crippen LogP contribution in [0.5, 0.6) is 0 Å². The van der Waals surface area contributed by atoms with E-state index in [2.05, 4.69) is 26.3 Å². The van der Waals surface area contributed by atoms with E-state index in [1.54, 1.807) is 18.2 Å². The number of hydrogen-bond donors (Lipinski definition) is 2. The topological polar surface area (TPSA) is 73.9 Å². The fourth-order valence-electron chi connectivity index (χ4n) is 3.95. The minimum absolute atomic E-state index is 0.101. The molecule has 180 valence electrons. The zero-order valence-corrected chi connectivity index (χ0v) is 18.8. The molecule has 0 aliphatic heterocycles. The van der Waals surface area contributed by atoms with Gasteiger partial charge in [0.15, 0.2) is 0 Å². The Kier molecular flexibility index (Phi) is 6.12. The highest BCUT2D eigenvalue weighted by Gasteiger charge is 2.22. The summed E-state index contributed by atoms with van der Waals surface area (Å²) in [5.41, 5.74) is 3.91. The number of hydrogen-bond acceptors (Lipinski definition) is 4. The largest absolute Gasteiger partial charge is 0.409 e. The quantitative estimate of drug-likeness (QED) is 0.268. The molecule has 3 aromatic carbocycles. The van der Waals surface area contributed by atoms with Crippen LogP contribution in [0.25, 0.3) is 21.8 Å². The van der Waals surface area contributed by atoms with Crippen molar-refractivity contribution in [1.29, 1.82) is 0 Å². The van der Waals surface area contributed by atoms with Crippen LogP contribution in [0.1, 0.15) is 5.56 Å². The number of aromatic nitrogens is 3. The van der Waals surface area contributed by atoms with Gasteiger partial charge >= 0.3 is 6.18 Å². The summed E-state index contributed by atoms with van der Waals surface area (Å²) in [6.07, 6.45) is -0.871. The number of rotatable bonds is 6. The first-order chi connectivity index (χ1) is 17.4. The zero-order valence-electron chi connectivity index (χ0n) is 18.8. The number of benzene rings is 3. The van der Waals surface area contributed by atoms with Crippen molar-refractivity contribution in [2.75, 3.05) is 10.2 Å². The lowest BCUT2D eigenvalue weighted by Crippen LogP contribution is -2.18. The molecule has 2 heterocycles. The van der Waals surface area contributed by atoms with E-state index in [1.165, 1.54) is 6.33 Å². The fourth-order valence-corrected chi connectivity index (χ4v) is 3.95. The molecule has 0 aliphatic carbocycles. The minimum atomic E-state index is -4.57. The first-order valence-electron chi connectivity index (χ1n) is 11.1. The van der Waals surface area contributed by atoms with Crippen molar-refractivity contribution in [3.05, 3.63) is 103 Å². The monoisotopic (exact) mass is 487 g/mol. The van der Waals surface area contributed by atoms with Crippen LogP contribution in [-0.4, -0.2) is 27.0 Å². The van der Waals surface area contributed by atoms with Crippen molar-refractivity contribution < 1.29 is 18.0 Å². The number of fused-ring (bicyclic) bond motifs is 2. The Morgan fingerprint density at radius 1 is 1.00 bits per heavy atom. The van der Waals surface area contributed by atoms with E-state index >= 15 is 0 Å². The van der Waals surface area contributed by atoms with Crippen molar-refractivity contribution in [2.24, 2.45) is 0 Å². The van der Waals surface area contributed by atoms with Gasteiger partial charge in [-0.15, -0.1) is 0 Å². The Bertz CT molecular complexity index is 1560. The van der Waals surface area contributed by atoms with Crippen LogP contribution in [0, 0.1) is 0 Å². The maximum Gasteiger partial charge on any atom is 0.409 e. The van der Waals surface area contributed by atoms with Crippen molar-refractivity contribution >= 4 is 44.9 Å². The highest BCUT2D eigenvalue weighted by atomic mass is 19.4. The molecule has 0 bridgehead atoms. The molecule has 0 saturated carbocycles. The second kappa shape index (κ2) is 9.53. The van der Waals surface area contributed by atoms with Crippen LogP contribution in [0.15, 0.2) is 97.5 Å². The van der Waals surface area contributed by atoms with E-state index < -0.39 is 12.1 Å². The molecule has 9 heteroatoms. The van der Waals surface area contributed by atoms with E-state index in [0.29, 0.717) is 35.0 Å². The van der Waals surface area contributed by atoms with E-state index in [9.17, 15) is 18.0 Å². The second-order valence-corrected chi connectivity index (χ2v) is 8.11. The summed E-state index contributed by atoms with van der Waals surface area (Å²) < 4.78 is 37.3. The number of carbonyl (C=O) groups excluding carboxylic acids is 1. The van der Waals surface area contributed by atoms with Gasteiger partial charge in [-0.25, -0.2) is 9.97 Å². The summed E-state index contributed by atoms with van der Waals surface area (Å²) in [4.78, 5) is 26.2. The summed E-state index contributed by atoms with van der Waals surface area (Å²) in [5, 5.41) is 4.15. The van der Waals surface area contributed by atoms with Gasteiger partial charge in [0.2, 0.25) is 5.91 Å². The molecule has 0 atom stereocenters. The Balaban J connectivity index is 1.57. The van der Waals surface area contributed by atoms with Gasteiger partial charge in [0, 0.05) is 52.6 Å². The van der Waals surface area contributed by atoms with Crippen LogP contribution in [0.3, 0.4) is 0 Å². The lowest BCUT2D eigenvalue weighted by molar-refractivity contribution is -0.112. The molecule has 1 amide bonds. The van der Waals surface area contributed by atoms with E-state index in [-0.39, 0.29) is 6.08 Å². The normalized spacial score (nSPS) is 11.9. The average molecular weight is 487 g/mol. The SMILES string of the molecule is O=C(/C=C/C(F)(F)F)Nc1ccc2ncnc(N(Cc3ccccc3)c3ccc4[nH]ccc4c3)c2c1. The third-order valence-electron chi connectivity index (χ3n) is 5.59. The van der Waals surface area contributed by atoms with Gasteiger partial charge in [0.05, 0.1) is 5.52 Å². The molecule has 0 aliphatic rings. The molecule has 0 radical (unpaired) electrons. The zero-order chi connectivity index (χ0) is 25.1. The van der Waals surface area contributed by atoms with Gasteiger partial charge in [0.1, 0.15) is 12.1 Å². The lowest BCUT2D eigenvalue weighted by atomic mass is 10.1. The molecule has 0 saturated heterocycles. The number of anilines is 3. The summed E-state index contributed by atoms with van der Waals surface area (Å²) in [7, 11) is 0. The highest BCUT2D eigenvalue weighted by Crippen LogP contribution is 2.34. The molecule has 5 rings (SSSR count). The van der Waals surface area contributed by atoms with Gasteiger partial charge in [-0.1, -0.05) is 30.3 Å². The van der Waals surface area contributed by atoms with Crippen molar-refractivity contribution in [1.82, 2.24) is 15.0 Å². The maximum atomic E-state index is 12.4. The van der Waals surface area contributed by atoms with Gasteiger partial charge in [-0.05, 0) is 48.0 Å². The Hall–Kier alpha value is -4.66. The molecule has 0 unspecified atom stereocenters. The summed E-state index contributed by atoms with van der Waals surface area (Å²) in [6.45, 7) is 0.508. The smallest absolute Gasteiger partial charge is 0.361 e. The van der Waals surface area contributed by atoms with Crippen LogP contribution < -0.4 is 10.2 Å². The third kappa shape index (κ3) is 5.20. The summed E-state index contributed by atoms with van der Waals surface area (Å²) >= 11 is 0. The van der Waals surface area contributed by atoms with Crippen molar-refractivity contribution in [3.8, 4) is 0 Å². The van der Waals surface area contributed by atoms with Gasteiger partial charge in [-0.2, -0.15) is 13.2 Å². The van der Waals surface area contributed by atoms with Crippen LogP contribution >= 0.6 is 0 Å². The number of aromatic amines is 1. The van der Waals surface area contributed by atoms with E-state index in [4.69, 9.17) is 0 Å². The fraction of sp³-hybridized carbons (Fsp3) is 0.0741. The van der Waals surface area contributed by atoms with Crippen LogP contribution in [0.4, 0.5) is 30.4 Å². The standard InChI is InChI=1S/C27H20F3N5O/c28-27(29,30)12-10-25(36)34-20-6-8-24-22(15-20)26(33-17-32-24)35(16-18-4-2-1-3-5-18)21-7-9-23-19(14-21)11-13-31-23/h1-15,17,31H,16H2,(H,34,36)/b12-10+. The number of allylic oxidation sites excluding steroid dienone is 1. The molecular weight excluding hydrogens is 467 g/mol. The average Bonchev–Trinajstić information content (AvgIpc) is 3.34. The highest BCUT2D eigenvalue weighted by molar-refractivity contribution is 6.02. The predicted octanol–water partition coefficient (Wildman–Crippen LogP) is 6.51. The number of carbonyl (C=O) groups is 1. The number of H-pyrrole nitrogens is 1. The Labute approximate surface area is 204 Å². The number of nitrogens with zero attached hydrogens (tertiary/aromatic N) is 3. The molecule has 2 N–H and O–H groups in total.